The van der Waals surface area contributed by atoms with E-state index in [-0.39, 0.29) is 4.90 Å². The molecule has 128 valence electrons. The molecule has 1 aromatic carbocycles. The number of piperidine rings is 1. The summed E-state index contributed by atoms with van der Waals surface area (Å²) in [6.07, 6.45) is 6.92. The summed E-state index contributed by atoms with van der Waals surface area (Å²) in [6.45, 7) is 2.15. The van der Waals surface area contributed by atoms with Gasteiger partial charge in [-0.15, -0.1) is 0 Å². The van der Waals surface area contributed by atoms with Gasteiger partial charge in [-0.1, -0.05) is 11.6 Å². The highest BCUT2D eigenvalue weighted by Crippen LogP contribution is 2.21. The van der Waals surface area contributed by atoms with E-state index in [1.54, 1.807) is 30.7 Å². The highest BCUT2D eigenvalue weighted by atomic mass is 35.5. The van der Waals surface area contributed by atoms with Crippen LogP contribution in [0.3, 0.4) is 0 Å². The number of nitrogens with zero attached hydrogens (tertiary/aromatic N) is 3. The number of nitrogens with one attached hydrogen (secondary N) is 1. The fraction of sp³-hybridized carbons (Fsp3) is 0.375. The van der Waals surface area contributed by atoms with Gasteiger partial charge in [-0.05, 0) is 43.0 Å². The fourth-order valence-corrected chi connectivity index (χ4v) is 3.99. The fourth-order valence-electron chi connectivity index (χ4n) is 2.75. The van der Waals surface area contributed by atoms with Gasteiger partial charge in [0.25, 0.3) is 0 Å². The van der Waals surface area contributed by atoms with E-state index in [9.17, 15) is 8.42 Å². The lowest BCUT2D eigenvalue weighted by Crippen LogP contribution is -2.39. The maximum absolute atomic E-state index is 12.3. The topological polar surface area (TPSA) is 75.2 Å². The van der Waals surface area contributed by atoms with Crippen LogP contribution in [0.25, 0.3) is 0 Å². The molecule has 0 atom stereocenters. The summed E-state index contributed by atoms with van der Waals surface area (Å²) in [5.41, 5.74) is 0. The predicted octanol–water partition coefficient (Wildman–Crippen LogP) is 2.32. The summed E-state index contributed by atoms with van der Waals surface area (Å²) in [5, 5.41) is 0.519. The van der Waals surface area contributed by atoms with E-state index in [0.717, 1.165) is 31.7 Å². The molecule has 2 heterocycles. The van der Waals surface area contributed by atoms with Crippen molar-refractivity contribution in [3.63, 3.8) is 0 Å². The molecule has 0 unspecified atom stereocenters. The third-order valence-corrected chi connectivity index (χ3v) is 5.87. The number of halogens is 1. The summed E-state index contributed by atoms with van der Waals surface area (Å²) in [7, 11) is -3.49. The van der Waals surface area contributed by atoms with Crippen LogP contribution in [0.1, 0.15) is 12.8 Å². The Bertz CT molecular complexity index is 760. The first-order valence-electron chi connectivity index (χ1n) is 7.81. The largest absolute Gasteiger partial charge is 0.355 e. The molecule has 1 fully saturated rings. The smallest absolute Gasteiger partial charge is 0.240 e. The molecule has 1 aliphatic heterocycles. The minimum atomic E-state index is -3.49. The Kier molecular flexibility index (Phi) is 5.33. The van der Waals surface area contributed by atoms with Gasteiger partial charge in [-0.3, -0.25) is 4.98 Å². The van der Waals surface area contributed by atoms with Crippen LogP contribution >= 0.6 is 11.6 Å². The van der Waals surface area contributed by atoms with Crippen molar-refractivity contribution >= 4 is 27.4 Å². The van der Waals surface area contributed by atoms with Crippen molar-refractivity contribution in [3.8, 4) is 0 Å². The monoisotopic (exact) mass is 366 g/mol. The van der Waals surface area contributed by atoms with Crippen molar-refractivity contribution in [3.05, 3.63) is 47.9 Å². The van der Waals surface area contributed by atoms with Crippen molar-refractivity contribution in [1.29, 1.82) is 0 Å². The average Bonchev–Trinajstić information content (AvgIpc) is 2.62. The summed E-state index contributed by atoms with van der Waals surface area (Å²) in [4.78, 5) is 10.8. The van der Waals surface area contributed by atoms with Crippen LogP contribution in [0.2, 0.25) is 5.02 Å². The Balaban J connectivity index is 1.52. The summed E-state index contributed by atoms with van der Waals surface area (Å²) in [5.74, 6) is 1.19. The van der Waals surface area contributed by atoms with E-state index in [0.29, 0.717) is 17.5 Å². The number of rotatable bonds is 5. The highest BCUT2D eigenvalue weighted by Gasteiger charge is 2.22. The summed E-state index contributed by atoms with van der Waals surface area (Å²) in [6, 6.07) is 6.19. The molecule has 6 nitrogen and oxygen atoms in total. The SMILES string of the molecule is O=S(=O)(NCC1CCN(c2cnccn2)CC1)c1ccc(Cl)cc1. The van der Waals surface area contributed by atoms with Crippen LogP contribution in [-0.2, 0) is 10.0 Å². The number of hydrogen-bond donors (Lipinski definition) is 1. The molecule has 0 aliphatic carbocycles. The average molecular weight is 367 g/mol. The molecule has 0 amide bonds. The summed E-state index contributed by atoms with van der Waals surface area (Å²) >= 11 is 5.80. The van der Waals surface area contributed by atoms with E-state index >= 15 is 0 Å². The van der Waals surface area contributed by atoms with Gasteiger partial charge in [0.2, 0.25) is 10.0 Å². The first kappa shape index (κ1) is 17.1. The van der Waals surface area contributed by atoms with Gasteiger partial charge in [0.1, 0.15) is 5.82 Å². The maximum Gasteiger partial charge on any atom is 0.240 e. The predicted molar refractivity (Wildman–Crippen MR) is 93.6 cm³/mol. The van der Waals surface area contributed by atoms with E-state index in [1.165, 1.54) is 12.1 Å². The lowest BCUT2D eigenvalue weighted by molar-refractivity contribution is 0.400. The second kappa shape index (κ2) is 7.46. The van der Waals surface area contributed by atoms with Crippen LogP contribution in [0.15, 0.2) is 47.8 Å². The standard InChI is InChI=1S/C16H19ClN4O2S/c17-14-1-3-15(4-2-14)24(22,23)20-11-13-5-9-21(10-6-13)16-12-18-7-8-19-16/h1-4,7-8,12-13,20H,5-6,9-11H2. The van der Waals surface area contributed by atoms with Gasteiger partial charge in [-0.25, -0.2) is 18.1 Å². The molecule has 3 rings (SSSR count). The zero-order valence-corrected chi connectivity index (χ0v) is 14.7. The first-order valence-corrected chi connectivity index (χ1v) is 9.67. The molecule has 1 aromatic heterocycles. The van der Waals surface area contributed by atoms with Crippen molar-refractivity contribution in [2.45, 2.75) is 17.7 Å². The van der Waals surface area contributed by atoms with Gasteiger partial charge in [-0.2, -0.15) is 0 Å². The van der Waals surface area contributed by atoms with Gasteiger partial charge in [0, 0.05) is 37.1 Å². The molecule has 8 heteroatoms. The number of aromatic nitrogens is 2. The molecule has 24 heavy (non-hydrogen) atoms. The van der Waals surface area contributed by atoms with E-state index < -0.39 is 10.0 Å². The van der Waals surface area contributed by atoms with Crippen LogP contribution in [-0.4, -0.2) is 38.0 Å². The van der Waals surface area contributed by atoms with Crippen molar-refractivity contribution in [2.24, 2.45) is 5.92 Å². The number of hydrogen-bond acceptors (Lipinski definition) is 5. The van der Waals surface area contributed by atoms with Crippen molar-refractivity contribution in [1.82, 2.24) is 14.7 Å². The molecule has 2 aromatic rings. The maximum atomic E-state index is 12.3. The van der Waals surface area contributed by atoms with Crippen molar-refractivity contribution in [2.75, 3.05) is 24.5 Å². The Hall–Kier alpha value is -1.70. The number of benzene rings is 1. The van der Waals surface area contributed by atoms with Crippen molar-refractivity contribution < 1.29 is 8.42 Å². The lowest BCUT2D eigenvalue weighted by Gasteiger charge is -2.32. The number of sulfonamides is 1. The Morgan fingerprint density at radius 1 is 1.17 bits per heavy atom. The van der Waals surface area contributed by atoms with Crippen LogP contribution in [0, 0.1) is 5.92 Å². The summed E-state index contributed by atoms with van der Waals surface area (Å²) < 4.78 is 27.3. The minimum Gasteiger partial charge on any atom is -0.355 e. The van der Waals surface area contributed by atoms with E-state index in [4.69, 9.17) is 11.6 Å². The van der Waals surface area contributed by atoms with E-state index in [1.807, 2.05) is 0 Å². The molecule has 1 aliphatic rings. The van der Waals surface area contributed by atoms with Crippen LogP contribution < -0.4 is 9.62 Å². The van der Waals surface area contributed by atoms with E-state index in [2.05, 4.69) is 19.6 Å². The lowest BCUT2D eigenvalue weighted by atomic mass is 9.97. The van der Waals surface area contributed by atoms with Gasteiger partial charge < -0.3 is 4.90 Å². The highest BCUT2D eigenvalue weighted by molar-refractivity contribution is 7.89. The molecule has 0 bridgehead atoms. The zero-order valence-electron chi connectivity index (χ0n) is 13.1. The van der Waals surface area contributed by atoms with Gasteiger partial charge >= 0.3 is 0 Å². The molecular formula is C16H19ClN4O2S. The van der Waals surface area contributed by atoms with Gasteiger partial charge in [0.05, 0.1) is 11.1 Å². The molecular weight excluding hydrogens is 348 g/mol. The second-order valence-corrected chi connectivity index (χ2v) is 8.00. The third-order valence-electron chi connectivity index (χ3n) is 4.17. The molecule has 0 radical (unpaired) electrons. The molecule has 0 saturated carbocycles. The number of anilines is 1. The molecule has 0 spiro atoms. The zero-order chi connectivity index (χ0) is 17.0. The minimum absolute atomic E-state index is 0.240. The Morgan fingerprint density at radius 3 is 2.50 bits per heavy atom. The van der Waals surface area contributed by atoms with Gasteiger partial charge in [0.15, 0.2) is 0 Å². The van der Waals surface area contributed by atoms with Crippen LogP contribution in [0.5, 0.6) is 0 Å². The first-order chi connectivity index (χ1) is 11.5. The molecule has 1 N–H and O–H groups in total. The Morgan fingerprint density at radius 2 is 1.88 bits per heavy atom. The van der Waals surface area contributed by atoms with Crippen LogP contribution in [0.4, 0.5) is 5.82 Å². The Labute approximate surface area is 146 Å². The normalized spacial score (nSPS) is 16.3. The quantitative estimate of drug-likeness (QED) is 0.878. The molecule has 1 saturated heterocycles. The third kappa shape index (κ3) is 4.23. The second-order valence-electron chi connectivity index (χ2n) is 5.80.